The van der Waals surface area contributed by atoms with E-state index in [0.717, 1.165) is 45.3 Å². The van der Waals surface area contributed by atoms with Crippen LogP contribution in [0, 0.1) is 0 Å². The van der Waals surface area contributed by atoms with Gasteiger partial charge in [-0.15, -0.1) is 0 Å². The highest BCUT2D eigenvalue weighted by molar-refractivity contribution is 6.14. The largest absolute Gasteiger partial charge is 0.309 e. The van der Waals surface area contributed by atoms with E-state index < -0.39 is 0 Å². The summed E-state index contributed by atoms with van der Waals surface area (Å²) in [5.74, 6) is 0. The van der Waals surface area contributed by atoms with Crippen molar-refractivity contribution in [2.24, 2.45) is 0 Å². The summed E-state index contributed by atoms with van der Waals surface area (Å²) >= 11 is 0. The molecular formula is C64H42N4. The Balaban J connectivity index is 0.901. The lowest BCUT2D eigenvalue weighted by atomic mass is 9.98. The molecule has 0 atom stereocenters. The number of para-hydroxylation sites is 8. The topological polar surface area (TPSA) is 16.3 Å². The van der Waals surface area contributed by atoms with Crippen molar-refractivity contribution in [3.63, 3.8) is 0 Å². The van der Waals surface area contributed by atoms with Crippen LogP contribution in [0.15, 0.2) is 255 Å². The number of rotatable bonds is 5. The summed E-state index contributed by atoms with van der Waals surface area (Å²) in [6.45, 7) is 0. The zero-order chi connectivity index (χ0) is 44.7. The predicted octanol–water partition coefficient (Wildman–Crippen LogP) is 17.5. The van der Waals surface area contributed by atoms with Crippen molar-refractivity contribution in [1.82, 2.24) is 9.13 Å². The third-order valence-electron chi connectivity index (χ3n) is 14.0. The third-order valence-corrected chi connectivity index (χ3v) is 14.0. The first-order valence-electron chi connectivity index (χ1n) is 23.4. The lowest BCUT2D eigenvalue weighted by molar-refractivity contribution is 1.13. The second-order valence-electron chi connectivity index (χ2n) is 17.7. The number of fused-ring (bicyclic) bond motifs is 14. The quantitative estimate of drug-likeness (QED) is 0.171. The van der Waals surface area contributed by atoms with Crippen LogP contribution in [0.2, 0.25) is 0 Å². The number of nitrogens with zero attached hydrogens (tertiary/aromatic N) is 4. The fraction of sp³-hybridized carbons (Fsp3) is 0. The highest BCUT2D eigenvalue weighted by Gasteiger charge is 2.33. The van der Waals surface area contributed by atoms with Gasteiger partial charge in [0.15, 0.2) is 0 Å². The first kappa shape index (κ1) is 38.2. The van der Waals surface area contributed by atoms with Crippen molar-refractivity contribution >= 4 is 55.9 Å². The SMILES string of the molecule is c1ccc(N2c3ccccc3-c3c(n(-c4ccc(-c5ccc(-n6c7c(c8ccccc86)-c6ccccc6N(c6ccccc6)c6ccccc6-7)cc5)cc4)c4ccccc34)-c3ccccc32)cc1. The molecule has 10 aromatic carbocycles. The van der Waals surface area contributed by atoms with Gasteiger partial charge in [0.1, 0.15) is 0 Å². The van der Waals surface area contributed by atoms with E-state index in [4.69, 9.17) is 0 Å². The molecule has 0 unspecified atom stereocenters. The predicted molar refractivity (Wildman–Crippen MR) is 284 cm³/mol. The molecule has 0 amide bonds. The van der Waals surface area contributed by atoms with Crippen molar-refractivity contribution < 1.29 is 0 Å². The van der Waals surface area contributed by atoms with Gasteiger partial charge in [0.2, 0.25) is 0 Å². The minimum atomic E-state index is 1.12. The van der Waals surface area contributed by atoms with Crippen LogP contribution < -0.4 is 9.80 Å². The molecule has 12 aromatic rings. The van der Waals surface area contributed by atoms with Gasteiger partial charge < -0.3 is 18.9 Å². The molecule has 4 heteroatoms. The Kier molecular flexibility index (Phi) is 8.55. The Labute approximate surface area is 395 Å². The molecular weight excluding hydrogens is 825 g/mol. The fourth-order valence-corrected chi connectivity index (χ4v) is 11.1. The monoisotopic (exact) mass is 866 g/mol. The molecule has 0 bridgehead atoms. The van der Waals surface area contributed by atoms with E-state index in [2.05, 4.69) is 274 Å². The van der Waals surface area contributed by atoms with Crippen molar-refractivity contribution in [3.8, 4) is 67.3 Å². The molecule has 4 heterocycles. The Hall–Kier alpha value is -9.12. The van der Waals surface area contributed by atoms with Crippen LogP contribution in [0.5, 0.6) is 0 Å². The Morgan fingerprint density at radius 3 is 0.926 bits per heavy atom. The van der Waals surface area contributed by atoms with Gasteiger partial charge in [-0.2, -0.15) is 0 Å². The van der Waals surface area contributed by atoms with Crippen molar-refractivity contribution in [2.75, 3.05) is 9.80 Å². The smallest absolute Gasteiger partial charge is 0.0641 e. The minimum Gasteiger partial charge on any atom is -0.309 e. The second-order valence-corrected chi connectivity index (χ2v) is 17.7. The molecule has 2 aliphatic heterocycles. The fourth-order valence-electron chi connectivity index (χ4n) is 11.1. The molecule has 0 saturated heterocycles. The van der Waals surface area contributed by atoms with Crippen LogP contribution in [0.4, 0.5) is 34.1 Å². The minimum absolute atomic E-state index is 1.12. The van der Waals surface area contributed by atoms with Crippen LogP contribution in [-0.4, -0.2) is 9.13 Å². The summed E-state index contributed by atoms with van der Waals surface area (Å²) in [5, 5.41) is 2.46. The average molecular weight is 867 g/mol. The van der Waals surface area contributed by atoms with E-state index in [1.165, 1.54) is 77.9 Å². The maximum atomic E-state index is 2.47. The lowest BCUT2D eigenvalue weighted by Gasteiger charge is -2.27. The van der Waals surface area contributed by atoms with E-state index in [-0.39, 0.29) is 0 Å². The second kappa shape index (κ2) is 15.2. The van der Waals surface area contributed by atoms with Gasteiger partial charge in [-0.05, 0) is 96.1 Å². The van der Waals surface area contributed by atoms with E-state index >= 15 is 0 Å². The Bertz CT molecular complexity index is 3640. The van der Waals surface area contributed by atoms with Crippen LogP contribution in [0.25, 0.3) is 89.1 Å². The molecule has 0 saturated carbocycles. The molecule has 318 valence electrons. The summed E-state index contributed by atoms with van der Waals surface area (Å²) in [7, 11) is 0. The van der Waals surface area contributed by atoms with Gasteiger partial charge in [-0.25, -0.2) is 0 Å². The van der Waals surface area contributed by atoms with Crippen molar-refractivity contribution in [2.45, 2.75) is 0 Å². The molecule has 4 nitrogen and oxygen atoms in total. The number of hydrogen-bond acceptors (Lipinski definition) is 2. The normalized spacial score (nSPS) is 12.4. The molecule has 68 heavy (non-hydrogen) atoms. The number of benzene rings is 10. The number of aromatic nitrogens is 2. The number of hydrogen-bond donors (Lipinski definition) is 0. The molecule has 2 aliphatic rings. The van der Waals surface area contributed by atoms with Gasteiger partial charge in [-0.1, -0.05) is 170 Å². The van der Waals surface area contributed by atoms with Crippen LogP contribution >= 0.6 is 0 Å². The highest BCUT2D eigenvalue weighted by Crippen LogP contribution is 2.56. The zero-order valence-electron chi connectivity index (χ0n) is 37.0. The van der Waals surface area contributed by atoms with Gasteiger partial charge in [0.05, 0.1) is 45.2 Å². The third kappa shape index (κ3) is 5.68. The van der Waals surface area contributed by atoms with Gasteiger partial charge >= 0.3 is 0 Å². The summed E-state index contributed by atoms with van der Waals surface area (Å²) in [6.07, 6.45) is 0. The standard InChI is InChI=1S/C64H42N4/c1-3-19-45(20-4-1)65-55-29-13-7-23-49(55)61-51-25-9-15-31-57(51)67(63(61)53-27-11-17-33-59(53)65)47-39-35-43(36-40-47)44-37-41-48(42-38-44)68-58-32-16-10-26-52(58)62-50-24-8-14-30-56(50)66(46-21-5-2-6-22-46)60-34-18-12-28-54(60)64(62)68/h1-42H. The number of anilines is 6. The first-order valence-corrected chi connectivity index (χ1v) is 23.4. The lowest BCUT2D eigenvalue weighted by Crippen LogP contribution is -2.11. The van der Waals surface area contributed by atoms with Gasteiger partial charge in [0, 0.05) is 66.9 Å². The molecule has 2 aromatic heterocycles. The van der Waals surface area contributed by atoms with Crippen molar-refractivity contribution in [3.05, 3.63) is 255 Å². The molecule has 14 rings (SSSR count). The summed E-state index contributed by atoms with van der Waals surface area (Å²) in [4.78, 5) is 4.84. The summed E-state index contributed by atoms with van der Waals surface area (Å²) in [6, 6.07) is 92.9. The molecule has 0 fully saturated rings. The Morgan fingerprint density at radius 2 is 0.529 bits per heavy atom. The van der Waals surface area contributed by atoms with E-state index in [1.54, 1.807) is 0 Å². The highest BCUT2D eigenvalue weighted by atomic mass is 15.2. The van der Waals surface area contributed by atoms with E-state index in [1.807, 2.05) is 0 Å². The van der Waals surface area contributed by atoms with Crippen LogP contribution in [-0.2, 0) is 0 Å². The van der Waals surface area contributed by atoms with Gasteiger partial charge in [-0.3, -0.25) is 0 Å². The van der Waals surface area contributed by atoms with E-state index in [9.17, 15) is 0 Å². The molecule has 0 aliphatic carbocycles. The Morgan fingerprint density at radius 1 is 0.221 bits per heavy atom. The zero-order valence-corrected chi connectivity index (χ0v) is 37.0. The first-order chi connectivity index (χ1) is 33.8. The summed E-state index contributed by atoms with van der Waals surface area (Å²) in [5.41, 5.74) is 23.5. The molecule has 0 spiro atoms. The molecule has 0 radical (unpaired) electrons. The van der Waals surface area contributed by atoms with Gasteiger partial charge in [0.25, 0.3) is 0 Å². The van der Waals surface area contributed by atoms with Crippen LogP contribution in [0.1, 0.15) is 0 Å². The maximum absolute atomic E-state index is 2.47. The maximum Gasteiger partial charge on any atom is 0.0641 e. The molecule has 0 N–H and O–H groups in total. The summed E-state index contributed by atoms with van der Waals surface area (Å²) < 4.78 is 4.94. The van der Waals surface area contributed by atoms with E-state index in [0.29, 0.717) is 0 Å². The van der Waals surface area contributed by atoms with Crippen LogP contribution in [0.3, 0.4) is 0 Å². The van der Waals surface area contributed by atoms with Crippen molar-refractivity contribution in [1.29, 1.82) is 0 Å². The average Bonchev–Trinajstić information content (AvgIpc) is 3.85.